The molecular weight excluding hydrogens is 376 g/mol. The van der Waals surface area contributed by atoms with Gasteiger partial charge in [0.15, 0.2) is 0 Å². The predicted molar refractivity (Wildman–Crippen MR) is 116 cm³/mol. The minimum absolute atomic E-state index is 0.311. The topological polar surface area (TPSA) is 69.9 Å². The molecule has 152 valence electrons. The average Bonchev–Trinajstić information content (AvgIpc) is 3.18. The minimum Gasteiger partial charge on any atom is -0.462 e. The number of imidazole rings is 1. The van der Waals surface area contributed by atoms with Gasteiger partial charge in [0.1, 0.15) is 5.82 Å². The molecule has 1 aliphatic rings. The summed E-state index contributed by atoms with van der Waals surface area (Å²) in [7, 11) is 0. The third-order valence-corrected chi connectivity index (χ3v) is 5.87. The third kappa shape index (κ3) is 3.32. The van der Waals surface area contributed by atoms with Crippen molar-refractivity contribution in [3.8, 4) is 11.4 Å². The fourth-order valence-corrected chi connectivity index (χ4v) is 4.46. The van der Waals surface area contributed by atoms with Crippen LogP contribution in [0.4, 0.5) is 0 Å². The van der Waals surface area contributed by atoms with Crippen LogP contribution in [0.15, 0.2) is 48.8 Å². The fraction of sp³-hybridized carbons (Fsp3) is 0.333. The van der Waals surface area contributed by atoms with E-state index in [-0.39, 0.29) is 5.97 Å². The Balaban J connectivity index is 1.68. The first-order valence-corrected chi connectivity index (χ1v) is 10.6. The number of hydrogen-bond donors (Lipinski definition) is 0. The highest BCUT2D eigenvalue weighted by molar-refractivity contribution is 5.94. The molecule has 2 heterocycles. The minimum atomic E-state index is -0.311. The van der Waals surface area contributed by atoms with E-state index in [1.165, 1.54) is 19.3 Å². The molecule has 0 amide bonds. The van der Waals surface area contributed by atoms with Crippen molar-refractivity contribution in [2.24, 2.45) is 0 Å². The summed E-state index contributed by atoms with van der Waals surface area (Å²) in [6.45, 7) is 2.17. The van der Waals surface area contributed by atoms with Gasteiger partial charge in [0.05, 0.1) is 34.2 Å². The number of hydrogen-bond acceptors (Lipinski definition) is 5. The van der Waals surface area contributed by atoms with Crippen molar-refractivity contribution in [1.82, 2.24) is 19.5 Å². The van der Waals surface area contributed by atoms with E-state index >= 15 is 0 Å². The summed E-state index contributed by atoms with van der Waals surface area (Å²) in [4.78, 5) is 26.0. The molecule has 0 aliphatic heterocycles. The monoisotopic (exact) mass is 400 g/mol. The van der Waals surface area contributed by atoms with Crippen LogP contribution in [-0.2, 0) is 4.74 Å². The van der Waals surface area contributed by atoms with Gasteiger partial charge >= 0.3 is 5.97 Å². The second-order valence-electron chi connectivity index (χ2n) is 7.78. The molecule has 5 rings (SSSR count). The molecule has 6 nitrogen and oxygen atoms in total. The molecule has 2 aromatic carbocycles. The summed E-state index contributed by atoms with van der Waals surface area (Å²) >= 11 is 0. The van der Waals surface area contributed by atoms with Crippen LogP contribution in [0, 0.1) is 0 Å². The maximum absolute atomic E-state index is 12.2. The van der Waals surface area contributed by atoms with Crippen molar-refractivity contribution in [3.05, 3.63) is 54.4 Å². The second-order valence-corrected chi connectivity index (χ2v) is 7.78. The van der Waals surface area contributed by atoms with Crippen molar-refractivity contribution in [1.29, 1.82) is 0 Å². The van der Waals surface area contributed by atoms with Crippen LogP contribution in [0.2, 0.25) is 0 Å². The van der Waals surface area contributed by atoms with Crippen molar-refractivity contribution >= 4 is 28.0 Å². The Morgan fingerprint density at radius 1 is 1.00 bits per heavy atom. The van der Waals surface area contributed by atoms with Crippen molar-refractivity contribution < 1.29 is 9.53 Å². The Labute approximate surface area is 174 Å². The van der Waals surface area contributed by atoms with Crippen molar-refractivity contribution in [3.63, 3.8) is 0 Å². The number of nitrogens with zero attached hydrogens (tertiary/aromatic N) is 4. The molecule has 30 heavy (non-hydrogen) atoms. The molecule has 1 aliphatic carbocycles. The maximum Gasteiger partial charge on any atom is 0.338 e. The molecule has 4 aromatic rings. The average molecular weight is 400 g/mol. The zero-order valence-electron chi connectivity index (χ0n) is 17.0. The van der Waals surface area contributed by atoms with Gasteiger partial charge in [-0.3, -0.25) is 9.97 Å². The van der Waals surface area contributed by atoms with E-state index in [1.54, 1.807) is 12.4 Å². The lowest BCUT2D eigenvalue weighted by atomic mass is 9.94. The number of rotatable bonds is 4. The molecule has 0 saturated heterocycles. The number of carbonyl (C=O) groups is 1. The first kappa shape index (κ1) is 18.7. The molecule has 2 aromatic heterocycles. The van der Waals surface area contributed by atoms with Gasteiger partial charge in [-0.05, 0) is 56.2 Å². The Kier molecular flexibility index (Phi) is 4.91. The highest BCUT2D eigenvalue weighted by Gasteiger charge is 2.23. The van der Waals surface area contributed by atoms with Crippen molar-refractivity contribution in [2.45, 2.75) is 45.1 Å². The zero-order chi connectivity index (χ0) is 20.5. The molecule has 1 saturated carbocycles. The van der Waals surface area contributed by atoms with E-state index in [2.05, 4.69) is 26.7 Å². The normalized spacial score (nSPS) is 15.0. The summed E-state index contributed by atoms with van der Waals surface area (Å²) in [5.41, 5.74) is 5.15. The van der Waals surface area contributed by atoms with Gasteiger partial charge in [-0.15, -0.1) is 0 Å². The van der Waals surface area contributed by atoms with E-state index in [0.717, 1.165) is 46.3 Å². The quantitative estimate of drug-likeness (QED) is 0.433. The van der Waals surface area contributed by atoms with Crippen LogP contribution >= 0.6 is 0 Å². The molecule has 0 unspecified atom stereocenters. The number of fused-ring (bicyclic) bond motifs is 2. The Morgan fingerprint density at radius 3 is 2.60 bits per heavy atom. The molecule has 0 N–H and O–H groups in total. The Hall–Kier alpha value is -3.28. The molecule has 0 spiro atoms. The SMILES string of the molecule is CCOC(=O)c1ccc2c(c1)nc(-c1ccc3nccnc3c1)n2C1CCCCC1. The van der Waals surface area contributed by atoms with Gasteiger partial charge in [0.25, 0.3) is 0 Å². The number of benzene rings is 2. The standard InChI is InChI=1S/C24H24N4O2/c1-2-30-24(29)17-9-11-22-21(15-17)27-23(28(22)18-6-4-3-5-7-18)16-8-10-19-20(14-16)26-13-12-25-19/h8-15,18H,2-7H2,1H3. The van der Waals surface area contributed by atoms with Gasteiger partial charge in [0, 0.05) is 24.0 Å². The van der Waals surface area contributed by atoms with Crippen LogP contribution in [0.3, 0.4) is 0 Å². The molecule has 0 radical (unpaired) electrons. The van der Waals surface area contributed by atoms with Crippen LogP contribution in [0.1, 0.15) is 55.4 Å². The first-order chi connectivity index (χ1) is 14.7. The molecular formula is C24H24N4O2. The summed E-state index contributed by atoms with van der Waals surface area (Å²) in [6.07, 6.45) is 9.45. The van der Waals surface area contributed by atoms with Crippen LogP contribution < -0.4 is 0 Å². The van der Waals surface area contributed by atoms with Gasteiger partial charge in [-0.25, -0.2) is 9.78 Å². The molecule has 0 bridgehead atoms. The number of aromatic nitrogens is 4. The van der Waals surface area contributed by atoms with E-state index in [0.29, 0.717) is 18.2 Å². The number of ether oxygens (including phenoxy) is 1. The summed E-state index contributed by atoms with van der Waals surface area (Å²) in [5, 5.41) is 0. The Bertz CT molecular complexity index is 1220. The van der Waals surface area contributed by atoms with E-state index in [9.17, 15) is 4.79 Å². The lowest BCUT2D eigenvalue weighted by Gasteiger charge is -2.25. The van der Waals surface area contributed by atoms with Crippen molar-refractivity contribution in [2.75, 3.05) is 6.61 Å². The van der Waals surface area contributed by atoms with Gasteiger partial charge in [-0.2, -0.15) is 0 Å². The van der Waals surface area contributed by atoms with E-state index < -0.39 is 0 Å². The third-order valence-electron chi connectivity index (χ3n) is 5.87. The van der Waals surface area contributed by atoms with Gasteiger partial charge in [0.2, 0.25) is 0 Å². The van der Waals surface area contributed by atoms with Crippen LogP contribution in [0.25, 0.3) is 33.5 Å². The summed E-state index contributed by atoms with van der Waals surface area (Å²) < 4.78 is 7.54. The number of esters is 1. The van der Waals surface area contributed by atoms with E-state index in [1.807, 2.05) is 31.2 Å². The fourth-order valence-electron chi connectivity index (χ4n) is 4.46. The summed E-state index contributed by atoms with van der Waals surface area (Å²) in [5.74, 6) is 0.611. The maximum atomic E-state index is 12.2. The van der Waals surface area contributed by atoms with Crippen LogP contribution in [0.5, 0.6) is 0 Å². The smallest absolute Gasteiger partial charge is 0.338 e. The second kappa shape index (κ2) is 7.86. The van der Waals surface area contributed by atoms with Gasteiger partial charge in [-0.1, -0.05) is 19.3 Å². The lowest BCUT2D eigenvalue weighted by molar-refractivity contribution is 0.0526. The molecule has 1 fully saturated rings. The lowest BCUT2D eigenvalue weighted by Crippen LogP contribution is -2.14. The van der Waals surface area contributed by atoms with Gasteiger partial charge < -0.3 is 9.30 Å². The summed E-state index contributed by atoms with van der Waals surface area (Å²) in [6, 6.07) is 12.2. The zero-order valence-corrected chi connectivity index (χ0v) is 17.0. The number of carbonyl (C=O) groups excluding carboxylic acids is 1. The Morgan fingerprint density at radius 2 is 1.80 bits per heavy atom. The molecule has 6 heteroatoms. The van der Waals surface area contributed by atoms with E-state index in [4.69, 9.17) is 9.72 Å². The molecule has 0 atom stereocenters. The first-order valence-electron chi connectivity index (χ1n) is 10.6. The predicted octanol–water partition coefficient (Wildman–Crippen LogP) is 5.33. The largest absolute Gasteiger partial charge is 0.462 e. The highest BCUT2D eigenvalue weighted by Crippen LogP contribution is 2.36. The highest BCUT2D eigenvalue weighted by atomic mass is 16.5. The van der Waals surface area contributed by atoms with Crippen LogP contribution in [-0.4, -0.2) is 32.1 Å².